The van der Waals surface area contributed by atoms with Crippen molar-refractivity contribution in [1.29, 1.82) is 0 Å². The van der Waals surface area contributed by atoms with Crippen LogP contribution in [0, 0.1) is 0 Å². The number of aromatic nitrogens is 3. The van der Waals surface area contributed by atoms with Crippen LogP contribution in [0.25, 0.3) is 0 Å². The maximum atomic E-state index is 11.6. The van der Waals surface area contributed by atoms with Crippen LogP contribution >= 0.6 is 0 Å². The fraction of sp³-hybridized carbons (Fsp3) is 0.231. The van der Waals surface area contributed by atoms with Gasteiger partial charge in [0.1, 0.15) is 12.2 Å². The number of hydrogen-bond donors (Lipinski definition) is 3. The van der Waals surface area contributed by atoms with Gasteiger partial charge in [-0.05, 0) is 12.1 Å². The Morgan fingerprint density at radius 2 is 2.00 bits per heavy atom. The van der Waals surface area contributed by atoms with E-state index in [4.69, 9.17) is 0 Å². The van der Waals surface area contributed by atoms with E-state index in [-0.39, 0.29) is 12.3 Å². The second kappa shape index (κ2) is 7.03. The van der Waals surface area contributed by atoms with Crippen LogP contribution < -0.4 is 10.6 Å². The van der Waals surface area contributed by atoms with Crippen molar-refractivity contribution in [3.63, 3.8) is 0 Å². The number of carbonyl (C=O) groups is 2. The lowest BCUT2D eigenvalue weighted by Gasteiger charge is -2.06. The fourth-order valence-corrected chi connectivity index (χ4v) is 1.57. The number of carbonyl (C=O) groups excluding carboxylic acids is 2. The summed E-state index contributed by atoms with van der Waals surface area (Å²) >= 11 is 0. The van der Waals surface area contributed by atoms with Crippen molar-refractivity contribution in [3.8, 4) is 0 Å². The molecule has 0 aliphatic carbocycles. The summed E-state index contributed by atoms with van der Waals surface area (Å²) in [4.78, 5) is 27.1. The SMILES string of the molecule is O=C(CCc1ncn[nH]1)CNC(=O)Nc1ccccc1. The van der Waals surface area contributed by atoms with E-state index in [0.717, 1.165) is 0 Å². The summed E-state index contributed by atoms with van der Waals surface area (Å²) in [5, 5.41) is 11.5. The summed E-state index contributed by atoms with van der Waals surface area (Å²) < 4.78 is 0. The van der Waals surface area contributed by atoms with Gasteiger partial charge >= 0.3 is 6.03 Å². The first kappa shape index (κ1) is 13.7. The molecule has 0 aliphatic heterocycles. The first-order valence-electron chi connectivity index (χ1n) is 6.20. The smallest absolute Gasteiger partial charge is 0.319 e. The zero-order valence-electron chi connectivity index (χ0n) is 10.8. The van der Waals surface area contributed by atoms with Gasteiger partial charge in [-0.3, -0.25) is 9.89 Å². The van der Waals surface area contributed by atoms with Crippen molar-refractivity contribution >= 4 is 17.5 Å². The summed E-state index contributed by atoms with van der Waals surface area (Å²) in [6.45, 7) is -0.00714. The first-order valence-corrected chi connectivity index (χ1v) is 6.20. The Labute approximate surface area is 115 Å². The van der Waals surface area contributed by atoms with Crippen molar-refractivity contribution in [2.45, 2.75) is 12.8 Å². The summed E-state index contributed by atoms with van der Waals surface area (Å²) in [5.41, 5.74) is 0.680. The van der Waals surface area contributed by atoms with Gasteiger partial charge in [-0.25, -0.2) is 9.78 Å². The van der Waals surface area contributed by atoms with Crippen molar-refractivity contribution in [3.05, 3.63) is 42.5 Å². The van der Waals surface area contributed by atoms with Crippen LogP contribution in [0.4, 0.5) is 10.5 Å². The monoisotopic (exact) mass is 273 g/mol. The average molecular weight is 273 g/mol. The third-order valence-corrected chi connectivity index (χ3v) is 2.58. The largest absolute Gasteiger partial charge is 0.331 e. The Hall–Kier alpha value is -2.70. The molecule has 104 valence electrons. The molecule has 7 nitrogen and oxygen atoms in total. The summed E-state index contributed by atoms with van der Waals surface area (Å²) in [6.07, 6.45) is 2.19. The minimum Gasteiger partial charge on any atom is -0.331 e. The van der Waals surface area contributed by atoms with E-state index < -0.39 is 6.03 Å². The molecule has 1 heterocycles. The predicted octanol–water partition coefficient (Wildman–Crippen LogP) is 1.13. The van der Waals surface area contributed by atoms with E-state index in [1.807, 2.05) is 18.2 Å². The molecule has 1 aromatic heterocycles. The maximum Gasteiger partial charge on any atom is 0.319 e. The number of anilines is 1. The van der Waals surface area contributed by atoms with Gasteiger partial charge in [0.2, 0.25) is 0 Å². The zero-order valence-corrected chi connectivity index (χ0v) is 10.8. The van der Waals surface area contributed by atoms with Crippen molar-refractivity contribution < 1.29 is 9.59 Å². The highest BCUT2D eigenvalue weighted by atomic mass is 16.2. The van der Waals surface area contributed by atoms with Crippen molar-refractivity contribution in [2.75, 3.05) is 11.9 Å². The molecule has 0 saturated heterocycles. The van der Waals surface area contributed by atoms with E-state index >= 15 is 0 Å². The lowest BCUT2D eigenvalue weighted by molar-refractivity contribution is -0.118. The first-order chi connectivity index (χ1) is 9.74. The van der Waals surface area contributed by atoms with E-state index in [1.165, 1.54) is 6.33 Å². The highest BCUT2D eigenvalue weighted by Gasteiger charge is 2.07. The minimum atomic E-state index is -0.399. The molecule has 1 aromatic carbocycles. The molecular formula is C13H15N5O2. The van der Waals surface area contributed by atoms with Crippen LogP contribution in [0.2, 0.25) is 0 Å². The molecule has 0 atom stereocenters. The Morgan fingerprint density at radius 1 is 1.20 bits per heavy atom. The Morgan fingerprint density at radius 3 is 2.70 bits per heavy atom. The average Bonchev–Trinajstić information content (AvgIpc) is 2.97. The fourth-order valence-electron chi connectivity index (χ4n) is 1.57. The van der Waals surface area contributed by atoms with Crippen LogP contribution in [-0.4, -0.2) is 33.5 Å². The molecule has 20 heavy (non-hydrogen) atoms. The molecule has 0 aliphatic rings. The molecular weight excluding hydrogens is 258 g/mol. The topological polar surface area (TPSA) is 99.8 Å². The van der Waals surface area contributed by atoms with Crippen LogP contribution in [0.3, 0.4) is 0 Å². The van der Waals surface area contributed by atoms with Gasteiger partial charge in [0.15, 0.2) is 5.78 Å². The number of hydrogen-bond acceptors (Lipinski definition) is 4. The highest BCUT2D eigenvalue weighted by Crippen LogP contribution is 2.04. The Balaban J connectivity index is 1.66. The van der Waals surface area contributed by atoms with Gasteiger partial charge in [-0.1, -0.05) is 18.2 Å². The normalized spacial score (nSPS) is 10.0. The number of urea groups is 1. The van der Waals surface area contributed by atoms with Gasteiger partial charge in [0.05, 0.1) is 6.54 Å². The summed E-state index contributed by atoms with van der Waals surface area (Å²) in [7, 11) is 0. The minimum absolute atomic E-state index is 0.00714. The van der Waals surface area contributed by atoms with E-state index in [1.54, 1.807) is 12.1 Å². The number of Topliss-reactive ketones (excluding diaryl/α,β-unsaturated/α-hetero) is 1. The molecule has 2 amide bonds. The third kappa shape index (κ3) is 4.52. The number of ketones is 1. The number of nitrogens with zero attached hydrogens (tertiary/aromatic N) is 2. The van der Waals surface area contributed by atoms with Gasteiger partial charge in [-0.15, -0.1) is 0 Å². The lowest BCUT2D eigenvalue weighted by atomic mass is 10.2. The molecule has 2 aromatic rings. The standard InChI is InChI=1S/C13H15N5O2/c19-11(6-7-12-15-9-16-18-12)8-14-13(20)17-10-4-2-1-3-5-10/h1-5,9H,6-8H2,(H2,14,17,20)(H,15,16,18). The number of amides is 2. The van der Waals surface area contributed by atoms with Gasteiger partial charge < -0.3 is 10.6 Å². The van der Waals surface area contributed by atoms with Gasteiger partial charge in [-0.2, -0.15) is 5.10 Å². The van der Waals surface area contributed by atoms with Crippen LogP contribution in [0.1, 0.15) is 12.2 Å². The number of rotatable bonds is 6. The molecule has 0 unspecified atom stereocenters. The number of para-hydroxylation sites is 1. The molecule has 0 spiro atoms. The molecule has 0 radical (unpaired) electrons. The second-order valence-electron chi connectivity index (χ2n) is 4.14. The van der Waals surface area contributed by atoms with Gasteiger partial charge in [0.25, 0.3) is 0 Å². The van der Waals surface area contributed by atoms with E-state index in [2.05, 4.69) is 25.8 Å². The van der Waals surface area contributed by atoms with Crippen molar-refractivity contribution in [2.24, 2.45) is 0 Å². The molecule has 7 heteroatoms. The predicted molar refractivity (Wildman–Crippen MR) is 73.2 cm³/mol. The van der Waals surface area contributed by atoms with E-state index in [0.29, 0.717) is 24.4 Å². The zero-order chi connectivity index (χ0) is 14.2. The second-order valence-corrected chi connectivity index (χ2v) is 4.14. The number of H-pyrrole nitrogens is 1. The quantitative estimate of drug-likeness (QED) is 0.734. The lowest BCUT2D eigenvalue weighted by Crippen LogP contribution is -2.33. The molecule has 3 N–H and O–H groups in total. The summed E-state index contributed by atoms with van der Waals surface area (Å²) in [6, 6.07) is 8.63. The number of nitrogens with one attached hydrogen (secondary N) is 3. The highest BCUT2D eigenvalue weighted by molar-refractivity contribution is 5.92. The molecule has 0 saturated carbocycles. The van der Waals surface area contributed by atoms with Crippen LogP contribution in [-0.2, 0) is 11.2 Å². The number of aromatic amines is 1. The molecule has 2 rings (SSSR count). The number of benzene rings is 1. The van der Waals surface area contributed by atoms with Crippen molar-refractivity contribution in [1.82, 2.24) is 20.5 Å². The number of aryl methyl sites for hydroxylation is 1. The van der Waals surface area contributed by atoms with Crippen LogP contribution in [0.5, 0.6) is 0 Å². The molecule has 0 bridgehead atoms. The maximum absolute atomic E-state index is 11.6. The molecule has 0 fully saturated rings. The Bertz CT molecular complexity index is 553. The third-order valence-electron chi connectivity index (χ3n) is 2.58. The van der Waals surface area contributed by atoms with Gasteiger partial charge in [0, 0.05) is 18.5 Å². The Kier molecular flexibility index (Phi) is 4.82. The van der Waals surface area contributed by atoms with E-state index in [9.17, 15) is 9.59 Å². The van der Waals surface area contributed by atoms with Crippen LogP contribution in [0.15, 0.2) is 36.7 Å². The summed E-state index contributed by atoms with van der Waals surface area (Å²) in [5.74, 6) is 0.594.